The first-order valence-corrected chi connectivity index (χ1v) is 8.93. The SMILES string of the molecule is Cc1nn(C)cc1CN(C)C(=O)c1cc2nccc(-c3cnn(C)c3C)n2n1. The minimum atomic E-state index is -0.164. The number of fused-ring (bicyclic) bond motifs is 1. The second-order valence-electron chi connectivity index (χ2n) is 6.97. The molecule has 0 atom stereocenters. The molecule has 1 amide bonds. The Balaban J connectivity index is 1.68. The van der Waals surface area contributed by atoms with Crippen LogP contribution < -0.4 is 0 Å². The highest BCUT2D eigenvalue weighted by atomic mass is 16.2. The van der Waals surface area contributed by atoms with Crippen LogP contribution >= 0.6 is 0 Å². The van der Waals surface area contributed by atoms with Crippen molar-refractivity contribution >= 4 is 11.6 Å². The lowest BCUT2D eigenvalue weighted by Crippen LogP contribution is -2.26. The molecule has 9 heteroatoms. The van der Waals surface area contributed by atoms with Crippen LogP contribution in [0.4, 0.5) is 0 Å². The molecule has 0 N–H and O–H groups in total. The van der Waals surface area contributed by atoms with Crippen LogP contribution in [0.3, 0.4) is 0 Å². The van der Waals surface area contributed by atoms with Crippen molar-refractivity contribution in [3.05, 3.63) is 53.4 Å². The van der Waals surface area contributed by atoms with E-state index in [0.29, 0.717) is 17.9 Å². The van der Waals surface area contributed by atoms with E-state index in [2.05, 4.69) is 20.3 Å². The Hall–Kier alpha value is -3.49. The minimum absolute atomic E-state index is 0.164. The van der Waals surface area contributed by atoms with E-state index in [0.717, 1.165) is 28.2 Å². The first-order valence-electron chi connectivity index (χ1n) is 8.93. The van der Waals surface area contributed by atoms with E-state index in [1.165, 1.54) is 0 Å². The van der Waals surface area contributed by atoms with Gasteiger partial charge in [0, 0.05) is 63.0 Å². The van der Waals surface area contributed by atoms with Gasteiger partial charge in [-0.2, -0.15) is 15.3 Å². The van der Waals surface area contributed by atoms with Crippen molar-refractivity contribution in [1.29, 1.82) is 0 Å². The van der Waals surface area contributed by atoms with E-state index in [9.17, 15) is 4.79 Å². The van der Waals surface area contributed by atoms with E-state index < -0.39 is 0 Å². The molecule has 0 unspecified atom stereocenters. The highest BCUT2D eigenvalue weighted by molar-refractivity contribution is 5.93. The summed E-state index contributed by atoms with van der Waals surface area (Å²) in [4.78, 5) is 18.9. The van der Waals surface area contributed by atoms with E-state index in [4.69, 9.17) is 0 Å². The average Bonchev–Trinajstić information content (AvgIpc) is 3.32. The van der Waals surface area contributed by atoms with E-state index in [-0.39, 0.29) is 5.91 Å². The van der Waals surface area contributed by atoms with Gasteiger partial charge in [-0.05, 0) is 19.9 Å². The molecule has 0 saturated heterocycles. The Morgan fingerprint density at radius 2 is 2.00 bits per heavy atom. The third-order valence-corrected chi connectivity index (χ3v) is 4.96. The predicted molar refractivity (Wildman–Crippen MR) is 104 cm³/mol. The highest BCUT2D eigenvalue weighted by Crippen LogP contribution is 2.23. The molecule has 0 aliphatic carbocycles. The van der Waals surface area contributed by atoms with Crippen LogP contribution in [0.25, 0.3) is 16.9 Å². The Morgan fingerprint density at radius 1 is 1.21 bits per heavy atom. The fourth-order valence-corrected chi connectivity index (χ4v) is 3.28. The minimum Gasteiger partial charge on any atom is -0.336 e. The number of amides is 1. The third-order valence-electron chi connectivity index (χ3n) is 4.96. The number of rotatable bonds is 4. The maximum atomic E-state index is 12.9. The van der Waals surface area contributed by atoms with Gasteiger partial charge in [0.2, 0.25) is 0 Å². The summed E-state index contributed by atoms with van der Waals surface area (Å²) in [6, 6.07) is 3.59. The number of aromatic nitrogens is 7. The molecule has 0 spiro atoms. The van der Waals surface area contributed by atoms with Gasteiger partial charge >= 0.3 is 0 Å². The first kappa shape index (κ1) is 17.9. The predicted octanol–water partition coefficient (Wildman–Crippen LogP) is 1.75. The summed E-state index contributed by atoms with van der Waals surface area (Å²) >= 11 is 0. The Kier molecular flexibility index (Phi) is 4.21. The fourth-order valence-electron chi connectivity index (χ4n) is 3.28. The van der Waals surface area contributed by atoms with E-state index in [1.54, 1.807) is 44.3 Å². The molecule has 9 nitrogen and oxygen atoms in total. The number of carbonyl (C=O) groups excluding carboxylic acids is 1. The molecule has 0 radical (unpaired) electrons. The molecule has 0 saturated carbocycles. The van der Waals surface area contributed by atoms with Gasteiger partial charge in [0.05, 0.1) is 17.6 Å². The van der Waals surface area contributed by atoms with Crippen molar-refractivity contribution < 1.29 is 4.79 Å². The van der Waals surface area contributed by atoms with Crippen molar-refractivity contribution in [1.82, 2.24) is 39.1 Å². The van der Waals surface area contributed by atoms with Gasteiger partial charge in [-0.25, -0.2) is 9.50 Å². The van der Waals surface area contributed by atoms with Crippen molar-refractivity contribution in [3.8, 4) is 11.3 Å². The normalized spacial score (nSPS) is 11.3. The smallest absolute Gasteiger partial charge is 0.274 e. The van der Waals surface area contributed by atoms with Crippen LogP contribution in [-0.4, -0.2) is 52.0 Å². The molecule has 4 heterocycles. The number of hydrogen-bond acceptors (Lipinski definition) is 5. The van der Waals surface area contributed by atoms with Crippen LogP contribution in [0.2, 0.25) is 0 Å². The number of aryl methyl sites for hydroxylation is 3. The molecule has 28 heavy (non-hydrogen) atoms. The lowest BCUT2D eigenvalue weighted by molar-refractivity contribution is 0.0779. The first-order chi connectivity index (χ1) is 13.3. The molecule has 0 bridgehead atoms. The Labute approximate surface area is 162 Å². The van der Waals surface area contributed by atoms with Crippen LogP contribution in [0.15, 0.2) is 30.7 Å². The monoisotopic (exact) mass is 378 g/mol. The lowest BCUT2D eigenvalue weighted by atomic mass is 10.2. The Bertz CT molecular complexity index is 1180. The van der Waals surface area contributed by atoms with Gasteiger partial charge < -0.3 is 4.90 Å². The van der Waals surface area contributed by atoms with Gasteiger partial charge in [0.15, 0.2) is 11.3 Å². The summed E-state index contributed by atoms with van der Waals surface area (Å²) in [7, 11) is 5.52. The van der Waals surface area contributed by atoms with Crippen LogP contribution in [0, 0.1) is 13.8 Å². The molecule has 4 rings (SSSR count). The molecule has 4 aromatic heterocycles. The second kappa shape index (κ2) is 6.59. The molecule has 0 aliphatic rings. The van der Waals surface area contributed by atoms with E-state index >= 15 is 0 Å². The quantitative estimate of drug-likeness (QED) is 0.540. The topological polar surface area (TPSA) is 86.1 Å². The summed E-state index contributed by atoms with van der Waals surface area (Å²) in [5.74, 6) is -0.164. The molecule has 4 aromatic rings. The zero-order valence-electron chi connectivity index (χ0n) is 16.6. The summed E-state index contributed by atoms with van der Waals surface area (Å²) in [5, 5.41) is 13.2. The van der Waals surface area contributed by atoms with Crippen molar-refractivity contribution in [3.63, 3.8) is 0 Å². The standard InChI is InChI=1S/C19H22N8O/c1-12-14(11-25(4)22-12)10-24(3)19(28)16-8-18-20-7-6-17(27(18)23-16)15-9-21-26(5)13(15)2/h6-9,11H,10H2,1-5H3. The van der Waals surface area contributed by atoms with Gasteiger partial charge in [0.25, 0.3) is 5.91 Å². The highest BCUT2D eigenvalue weighted by Gasteiger charge is 2.20. The van der Waals surface area contributed by atoms with Gasteiger partial charge in [0.1, 0.15) is 0 Å². The summed E-state index contributed by atoms with van der Waals surface area (Å²) in [6.07, 6.45) is 5.44. The zero-order valence-corrected chi connectivity index (χ0v) is 16.6. The zero-order chi connectivity index (χ0) is 20.0. The van der Waals surface area contributed by atoms with Gasteiger partial charge in [-0.1, -0.05) is 0 Å². The number of hydrogen-bond donors (Lipinski definition) is 0. The van der Waals surface area contributed by atoms with Crippen molar-refractivity contribution in [2.24, 2.45) is 14.1 Å². The van der Waals surface area contributed by atoms with Crippen LogP contribution in [0.5, 0.6) is 0 Å². The molecule has 0 fully saturated rings. The summed E-state index contributed by atoms with van der Waals surface area (Å²) < 4.78 is 5.25. The number of carbonyl (C=O) groups is 1. The van der Waals surface area contributed by atoms with Gasteiger partial charge in [-0.3, -0.25) is 14.2 Å². The second-order valence-corrected chi connectivity index (χ2v) is 6.97. The average molecular weight is 378 g/mol. The van der Waals surface area contributed by atoms with Crippen LogP contribution in [-0.2, 0) is 20.6 Å². The lowest BCUT2D eigenvalue weighted by Gasteiger charge is -2.15. The maximum absolute atomic E-state index is 12.9. The Morgan fingerprint density at radius 3 is 2.64 bits per heavy atom. The van der Waals surface area contributed by atoms with Gasteiger partial charge in [-0.15, -0.1) is 0 Å². The molecular formula is C19H22N8O. The maximum Gasteiger partial charge on any atom is 0.274 e. The molecule has 144 valence electrons. The molecule has 0 aromatic carbocycles. The van der Waals surface area contributed by atoms with Crippen molar-refractivity contribution in [2.75, 3.05) is 7.05 Å². The molecule has 0 aliphatic heterocycles. The third kappa shape index (κ3) is 2.94. The van der Waals surface area contributed by atoms with Crippen LogP contribution in [0.1, 0.15) is 27.4 Å². The summed E-state index contributed by atoms with van der Waals surface area (Å²) in [6.45, 7) is 4.40. The number of nitrogens with zero attached hydrogens (tertiary/aromatic N) is 8. The molecular weight excluding hydrogens is 356 g/mol. The van der Waals surface area contributed by atoms with Crippen molar-refractivity contribution in [2.45, 2.75) is 20.4 Å². The van der Waals surface area contributed by atoms with E-state index in [1.807, 2.05) is 40.2 Å². The fraction of sp³-hybridized carbons (Fsp3) is 0.316. The summed E-state index contributed by atoms with van der Waals surface area (Å²) in [5.41, 5.74) is 5.71. The largest absolute Gasteiger partial charge is 0.336 e.